The molecule has 8 nitrogen and oxygen atoms in total. The minimum atomic E-state index is -4.73. The molecule has 0 amide bonds. The SMILES string of the molecule is Nc1ccc(OC[C@H](O)OS(=O)(=O)O)c(N)c1. The molecule has 17 heavy (non-hydrogen) atoms. The number of nitrogens with two attached hydrogens (primary N) is 2. The third-order valence-corrected chi connectivity index (χ3v) is 2.11. The van der Waals surface area contributed by atoms with Crippen LogP contribution in [0, 0.1) is 0 Å². The Kier molecular flexibility index (Phi) is 4.12. The average molecular weight is 264 g/mol. The fourth-order valence-corrected chi connectivity index (χ4v) is 1.36. The van der Waals surface area contributed by atoms with E-state index in [1.54, 1.807) is 0 Å². The van der Waals surface area contributed by atoms with Crippen LogP contribution in [0.1, 0.15) is 0 Å². The normalized spacial score (nSPS) is 13.3. The lowest BCUT2D eigenvalue weighted by Gasteiger charge is -2.12. The summed E-state index contributed by atoms with van der Waals surface area (Å²) in [6.07, 6.45) is -1.83. The maximum Gasteiger partial charge on any atom is 0.400 e. The van der Waals surface area contributed by atoms with Crippen molar-refractivity contribution in [1.29, 1.82) is 0 Å². The van der Waals surface area contributed by atoms with Crippen molar-refractivity contribution in [1.82, 2.24) is 0 Å². The zero-order valence-corrected chi connectivity index (χ0v) is 9.42. The summed E-state index contributed by atoms with van der Waals surface area (Å²) in [6.45, 7) is -0.520. The first-order valence-electron chi connectivity index (χ1n) is 4.39. The number of benzene rings is 1. The summed E-state index contributed by atoms with van der Waals surface area (Å²) >= 11 is 0. The van der Waals surface area contributed by atoms with Crippen molar-refractivity contribution in [3.8, 4) is 5.75 Å². The Bertz CT molecular complexity index is 489. The first kappa shape index (κ1) is 13.5. The molecule has 0 aliphatic heterocycles. The summed E-state index contributed by atoms with van der Waals surface area (Å²) in [5.74, 6) is 0.206. The van der Waals surface area contributed by atoms with E-state index in [0.29, 0.717) is 5.69 Å². The summed E-state index contributed by atoms with van der Waals surface area (Å²) in [4.78, 5) is 0. The molecule has 0 aliphatic rings. The van der Waals surface area contributed by atoms with Crippen molar-refractivity contribution in [2.45, 2.75) is 6.29 Å². The van der Waals surface area contributed by atoms with E-state index >= 15 is 0 Å². The van der Waals surface area contributed by atoms with Gasteiger partial charge in [-0.3, -0.25) is 4.55 Å². The molecule has 0 radical (unpaired) electrons. The Morgan fingerprint density at radius 1 is 1.35 bits per heavy atom. The van der Waals surface area contributed by atoms with Gasteiger partial charge in [0.25, 0.3) is 0 Å². The third kappa shape index (κ3) is 4.87. The van der Waals surface area contributed by atoms with Gasteiger partial charge in [0, 0.05) is 5.69 Å². The van der Waals surface area contributed by atoms with E-state index in [-0.39, 0.29) is 11.4 Å². The zero-order chi connectivity index (χ0) is 13.1. The smallest absolute Gasteiger partial charge is 0.400 e. The highest BCUT2D eigenvalue weighted by Gasteiger charge is 2.15. The largest absolute Gasteiger partial charge is 0.486 e. The van der Waals surface area contributed by atoms with E-state index in [0.717, 1.165) is 0 Å². The number of nitrogen functional groups attached to an aromatic ring is 2. The van der Waals surface area contributed by atoms with Gasteiger partial charge in [-0.2, -0.15) is 8.42 Å². The number of aliphatic hydroxyl groups is 1. The van der Waals surface area contributed by atoms with Gasteiger partial charge in [-0.25, -0.2) is 4.18 Å². The maximum absolute atomic E-state index is 10.2. The van der Waals surface area contributed by atoms with E-state index in [9.17, 15) is 8.42 Å². The fourth-order valence-electron chi connectivity index (χ4n) is 1.03. The average Bonchev–Trinajstić information content (AvgIpc) is 2.13. The van der Waals surface area contributed by atoms with E-state index in [4.69, 9.17) is 25.9 Å². The van der Waals surface area contributed by atoms with Gasteiger partial charge in [-0.15, -0.1) is 0 Å². The van der Waals surface area contributed by atoms with Crippen molar-refractivity contribution in [2.75, 3.05) is 18.1 Å². The Morgan fingerprint density at radius 3 is 2.53 bits per heavy atom. The van der Waals surface area contributed by atoms with Crippen LogP contribution >= 0.6 is 0 Å². The van der Waals surface area contributed by atoms with Crippen molar-refractivity contribution in [3.63, 3.8) is 0 Å². The van der Waals surface area contributed by atoms with Crippen molar-refractivity contribution >= 4 is 21.8 Å². The van der Waals surface area contributed by atoms with Crippen LogP contribution < -0.4 is 16.2 Å². The molecule has 0 aromatic heterocycles. The summed E-state index contributed by atoms with van der Waals surface area (Å²) in [5.41, 5.74) is 11.6. The molecule has 1 aromatic rings. The second-order valence-corrected chi connectivity index (χ2v) is 4.13. The van der Waals surface area contributed by atoms with Crippen LogP contribution in [0.2, 0.25) is 0 Å². The molecule has 1 aromatic carbocycles. The molecule has 0 saturated carbocycles. The molecule has 0 bridgehead atoms. The van der Waals surface area contributed by atoms with E-state index in [1.807, 2.05) is 0 Å². The molecule has 0 spiro atoms. The van der Waals surface area contributed by atoms with Gasteiger partial charge in [0.1, 0.15) is 12.4 Å². The molecular formula is C8H12N2O6S. The maximum atomic E-state index is 10.2. The Morgan fingerprint density at radius 2 is 2.00 bits per heavy atom. The molecule has 0 heterocycles. The highest BCUT2D eigenvalue weighted by Crippen LogP contribution is 2.23. The number of anilines is 2. The van der Waals surface area contributed by atoms with Crippen LogP contribution in [0.5, 0.6) is 5.75 Å². The first-order valence-corrected chi connectivity index (χ1v) is 5.76. The molecule has 0 fully saturated rings. The molecule has 0 saturated heterocycles. The van der Waals surface area contributed by atoms with E-state index in [2.05, 4.69) is 4.18 Å². The van der Waals surface area contributed by atoms with Crippen LogP contribution in [0.25, 0.3) is 0 Å². The molecule has 1 rings (SSSR count). The minimum absolute atomic E-state index is 0.206. The van der Waals surface area contributed by atoms with Gasteiger partial charge < -0.3 is 21.3 Å². The van der Waals surface area contributed by atoms with Crippen LogP contribution in [-0.4, -0.2) is 31.0 Å². The number of hydrogen-bond donors (Lipinski definition) is 4. The quantitative estimate of drug-likeness (QED) is 0.312. The lowest BCUT2D eigenvalue weighted by Crippen LogP contribution is -2.24. The summed E-state index contributed by atoms with van der Waals surface area (Å²) in [5, 5.41) is 9.04. The van der Waals surface area contributed by atoms with E-state index < -0.39 is 23.3 Å². The van der Waals surface area contributed by atoms with Gasteiger partial charge in [-0.05, 0) is 18.2 Å². The molecule has 0 unspecified atom stereocenters. The van der Waals surface area contributed by atoms with Crippen molar-refractivity contribution in [3.05, 3.63) is 18.2 Å². The highest BCUT2D eigenvalue weighted by atomic mass is 32.3. The predicted molar refractivity (Wildman–Crippen MR) is 59.4 cm³/mol. The Balaban J connectivity index is 2.56. The molecule has 6 N–H and O–H groups in total. The van der Waals surface area contributed by atoms with E-state index in [1.165, 1.54) is 18.2 Å². The van der Waals surface area contributed by atoms with Crippen LogP contribution in [0.15, 0.2) is 18.2 Å². The van der Waals surface area contributed by atoms with Crippen LogP contribution in [-0.2, 0) is 14.6 Å². The van der Waals surface area contributed by atoms with Gasteiger partial charge >= 0.3 is 10.4 Å². The van der Waals surface area contributed by atoms with Gasteiger partial charge in [0.2, 0.25) is 6.29 Å². The molecule has 0 aliphatic carbocycles. The Hall–Kier alpha value is -1.55. The summed E-state index contributed by atoms with van der Waals surface area (Å²) < 4.78 is 37.5. The summed E-state index contributed by atoms with van der Waals surface area (Å²) in [6, 6.07) is 4.40. The monoisotopic (exact) mass is 264 g/mol. The van der Waals surface area contributed by atoms with Gasteiger partial charge in [0.15, 0.2) is 0 Å². The number of rotatable bonds is 5. The zero-order valence-electron chi connectivity index (χ0n) is 8.61. The van der Waals surface area contributed by atoms with Crippen molar-refractivity contribution < 1.29 is 27.0 Å². The Labute approximate surface area is 97.7 Å². The molecule has 1 atom stereocenters. The topological polar surface area (TPSA) is 145 Å². The first-order chi connectivity index (χ1) is 7.78. The predicted octanol–water partition coefficient (Wildman–Crippen LogP) is -0.632. The second kappa shape index (κ2) is 5.19. The third-order valence-electron chi connectivity index (χ3n) is 1.65. The minimum Gasteiger partial charge on any atom is -0.486 e. The van der Waals surface area contributed by atoms with Gasteiger partial charge in [-0.1, -0.05) is 0 Å². The molecule has 96 valence electrons. The number of aliphatic hydroxyl groups excluding tert-OH is 1. The van der Waals surface area contributed by atoms with Crippen molar-refractivity contribution in [2.24, 2.45) is 0 Å². The van der Waals surface area contributed by atoms with Crippen LogP contribution in [0.4, 0.5) is 11.4 Å². The lowest BCUT2D eigenvalue weighted by molar-refractivity contribution is -0.0493. The molecular weight excluding hydrogens is 252 g/mol. The van der Waals surface area contributed by atoms with Gasteiger partial charge in [0.05, 0.1) is 5.69 Å². The lowest BCUT2D eigenvalue weighted by atomic mass is 10.2. The second-order valence-electron chi connectivity index (χ2n) is 3.09. The standard InChI is InChI=1S/C8H12N2O6S/c9-5-1-2-7(6(10)3-5)15-4-8(11)16-17(12,13)14/h1-3,8,11H,4,9-10H2,(H,12,13,14)/t8-/m1/s1. The fraction of sp³-hybridized carbons (Fsp3) is 0.250. The molecule has 9 heteroatoms. The summed E-state index contributed by atoms with van der Waals surface area (Å²) in [7, 11) is -4.73. The number of ether oxygens (including phenoxy) is 1. The number of hydrogen-bond acceptors (Lipinski definition) is 7. The highest BCUT2D eigenvalue weighted by molar-refractivity contribution is 7.80. The van der Waals surface area contributed by atoms with Crippen LogP contribution in [0.3, 0.4) is 0 Å².